The highest BCUT2D eigenvalue weighted by Gasteiger charge is 2.54. The molecule has 1 aromatic heterocycles. The third-order valence-electron chi connectivity index (χ3n) is 7.89. The largest absolute Gasteiger partial charge is 0.325 e. The fourth-order valence-corrected chi connectivity index (χ4v) is 6.31. The van der Waals surface area contributed by atoms with Crippen molar-refractivity contribution in [3.8, 4) is 0 Å². The number of aromatic nitrogens is 2. The van der Waals surface area contributed by atoms with E-state index in [2.05, 4.69) is 71.0 Å². The van der Waals surface area contributed by atoms with Crippen molar-refractivity contribution in [1.29, 1.82) is 0 Å². The molecule has 0 spiro atoms. The highest BCUT2D eigenvalue weighted by Crippen LogP contribution is 2.52. The molecule has 4 nitrogen and oxygen atoms in total. The molecular formula is C25H30N4. The number of hydrogen-bond acceptors (Lipinski definition) is 3. The molecule has 3 aliphatic rings. The maximum absolute atomic E-state index is 6.79. The topological polar surface area (TPSA) is 47.1 Å². The Balaban J connectivity index is 1.20. The van der Waals surface area contributed by atoms with Crippen molar-refractivity contribution >= 4 is 11.0 Å². The minimum Gasteiger partial charge on any atom is -0.325 e. The maximum atomic E-state index is 6.79. The molecule has 3 fully saturated rings. The Bertz CT molecular complexity index is 1030. The number of hydrogen-bond donors (Lipinski definition) is 1. The van der Waals surface area contributed by atoms with Crippen LogP contribution in [0.4, 0.5) is 0 Å². The zero-order valence-corrected chi connectivity index (χ0v) is 17.2. The van der Waals surface area contributed by atoms with Crippen molar-refractivity contribution in [2.24, 2.45) is 11.7 Å². The number of imidazole rings is 1. The van der Waals surface area contributed by atoms with Gasteiger partial charge in [-0.05, 0) is 62.6 Å². The average Bonchev–Trinajstić information content (AvgIpc) is 3.18. The van der Waals surface area contributed by atoms with Crippen LogP contribution in [0.1, 0.15) is 49.5 Å². The van der Waals surface area contributed by atoms with Crippen molar-refractivity contribution in [2.75, 3.05) is 6.54 Å². The third-order valence-corrected chi connectivity index (χ3v) is 7.89. The summed E-state index contributed by atoms with van der Waals surface area (Å²) in [6, 6.07) is 21.3. The molecule has 1 aliphatic carbocycles. The fraction of sp³-hybridized carbons (Fsp3) is 0.480. The Morgan fingerprint density at radius 2 is 1.66 bits per heavy atom. The summed E-state index contributed by atoms with van der Waals surface area (Å²) in [5.74, 6) is 1.76. The lowest BCUT2D eigenvalue weighted by atomic mass is 9.95. The second kappa shape index (κ2) is 6.41. The average molecular weight is 387 g/mol. The second-order valence-corrected chi connectivity index (χ2v) is 9.53. The molecule has 1 saturated carbocycles. The number of fused-ring (bicyclic) bond motifs is 3. The first kappa shape index (κ1) is 17.7. The van der Waals surface area contributed by atoms with E-state index in [4.69, 9.17) is 10.7 Å². The lowest BCUT2D eigenvalue weighted by Gasteiger charge is -2.40. The van der Waals surface area contributed by atoms with Gasteiger partial charge in [0.1, 0.15) is 5.82 Å². The minimum atomic E-state index is -0.102. The Morgan fingerprint density at radius 1 is 0.966 bits per heavy atom. The highest BCUT2D eigenvalue weighted by atomic mass is 15.3. The van der Waals surface area contributed by atoms with Crippen LogP contribution in [0.3, 0.4) is 0 Å². The second-order valence-electron chi connectivity index (χ2n) is 9.53. The van der Waals surface area contributed by atoms with Crippen LogP contribution in [0.5, 0.6) is 0 Å². The quantitative estimate of drug-likeness (QED) is 0.723. The van der Waals surface area contributed by atoms with Gasteiger partial charge in [0.2, 0.25) is 0 Å². The normalized spacial score (nSPS) is 34.0. The molecule has 2 saturated heterocycles. The number of aryl methyl sites for hydroxylation is 1. The van der Waals surface area contributed by atoms with E-state index in [1.165, 1.54) is 36.8 Å². The van der Waals surface area contributed by atoms with Crippen molar-refractivity contribution < 1.29 is 0 Å². The van der Waals surface area contributed by atoms with Crippen molar-refractivity contribution in [3.05, 3.63) is 66.0 Å². The fourth-order valence-electron chi connectivity index (χ4n) is 6.31. The number of benzene rings is 2. The maximum Gasteiger partial charge on any atom is 0.106 e. The molecule has 2 bridgehead atoms. The van der Waals surface area contributed by atoms with E-state index in [9.17, 15) is 0 Å². The smallest absolute Gasteiger partial charge is 0.106 e. The van der Waals surface area contributed by atoms with Crippen LogP contribution in [-0.4, -0.2) is 33.1 Å². The van der Waals surface area contributed by atoms with E-state index < -0.39 is 0 Å². The van der Waals surface area contributed by atoms with Crippen LogP contribution in [0.15, 0.2) is 54.6 Å². The van der Waals surface area contributed by atoms with Gasteiger partial charge in [0.15, 0.2) is 0 Å². The molecule has 3 aromatic rings. The lowest BCUT2D eigenvalue weighted by Crippen LogP contribution is -2.45. The molecule has 2 aromatic carbocycles. The van der Waals surface area contributed by atoms with Crippen molar-refractivity contribution in [1.82, 2.24) is 14.5 Å². The Kier molecular flexibility index (Phi) is 3.91. The van der Waals surface area contributed by atoms with Gasteiger partial charge >= 0.3 is 0 Å². The molecule has 4 atom stereocenters. The summed E-state index contributed by atoms with van der Waals surface area (Å²) in [6.45, 7) is 3.33. The molecule has 6 rings (SSSR count). The van der Waals surface area contributed by atoms with E-state index in [-0.39, 0.29) is 5.54 Å². The summed E-state index contributed by atoms with van der Waals surface area (Å²) in [7, 11) is 0. The van der Waals surface area contributed by atoms with Gasteiger partial charge in [-0.25, -0.2) is 4.98 Å². The van der Waals surface area contributed by atoms with E-state index in [1.54, 1.807) is 0 Å². The van der Waals surface area contributed by atoms with Crippen LogP contribution in [-0.2, 0) is 5.54 Å². The number of rotatable bonds is 4. The number of piperidine rings is 1. The molecule has 29 heavy (non-hydrogen) atoms. The predicted molar refractivity (Wildman–Crippen MR) is 117 cm³/mol. The Hall–Kier alpha value is -2.17. The highest BCUT2D eigenvalue weighted by molar-refractivity contribution is 5.76. The zero-order valence-electron chi connectivity index (χ0n) is 17.2. The summed E-state index contributed by atoms with van der Waals surface area (Å²) < 4.78 is 2.52. The number of nitrogens with zero attached hydrogens (tertiary/aromatic N) is 3. The van der Waals surface area contributed by atoms with Gasteiger partial charge in [0.25, 0.3) is 0 Å². The molecule has 2 aliphatic heterocycles. The molecule has 0 radical (unpaired) electrons. The van der Waals surface area contributed by atoms with Crippen LogP contribution >= 0.6 is 0 Å². The van der Waals surface area contributed by atoms with Gasteiger partial charge in [-0.3, -0.25) is 4.90 Å². The lowest BCUT2D eigenvalue weighted by molar-refractivity contribution is 0.0996. The first-order valence-electron chi connectivity index (χ1n) is 11.2. The zero-order chi connectivity index (χ0) is 19.6. The van der Waals surface area contributed by atoms with Gasteiger partial charge in [-0.1, -0.05) is 42.5 Å². The summed E-state index contributed by atoms with van der Waals surface area (Å²) in [5, 5.41) is 0. The molecule has 4 heteroatoms. The summed E-state index contributed by atoms with van der Waals surface area (Å²) >= 11 is 0. The Labute approximate surface area is 172 Å². The van der Waals surface area contributed by atoms with Crippen LogP contribution in [0.2, 0.25) is 0 Å². The predicted octanol–water partition coefficient (Wildman–Crippen LogP) is 4.39. The van der Waals surface area contributed by atoms with Gasteiger partial charge in [-0.2, -0.15) is 0 Å². The molecule has 3 heterocycles. The molecule has 2 N–H and O–H groups in total. The van der Waals surface area contributed by atoms with Gasteiger partial charge in [0.05, 0.1) is 11.0 Å². The Morgan fingerprint density at radius 3 is 2.41 bits per heavy atom. The molecule has 0 amide bonds. The molecule has 2 unspecified atom stereocenters. The van der Waals surface area contributed by atoms with Crippen LogP contribution < -0.4 is 5.73 Å². The van der Waals surface area contributed by atoms with E-state index in [1.807, 2.05) is 0 Å². The van der Waals surface area contributed by atoms with Gasteiger partial charge in [0, 0.05) is 30.2 Å². The van der Waals surface area contributed by atoms with Gasteiger partial charge in [-0.15, -0.1) is 0 Å². The van der Waals surface area contributed by atoms with E-state index in [0.29, 0.717) is 24.0 Å². The van der Waals surface area contributed by atoms with E-state index in [0.717, 1.165) is 24.3 Å². The number of nitrogens with two attached hydrogens (primary N) is 1. The van der Waals surface area contributed by atoms with Crippen LogP contribution in [0.25, 0.3) is 11.0 Å². The van der Waals surface area contributed by atoms with Crippen LogP contribution in [0, 0.1) is 12.8 Å². The standard InChI is InChI=1S/C25H30N4/c1-17-27-23-9-5-6-10-24(23)29(17)22-13-20-11-12-21(14-22)28(20)16-19-15-25(19,26)18-7-3-2-4-8-18/h2-10,19-22H,11-16,26H2,1H3/t19-,20?,21?,22?,25+/m0/s1. The SMILES string of the molecule is Cc1nc2ccccc2n1C1CC2CCC(C1)N2C[C@@H]1C[C@@]1(N)c1ccccc1. The minimum absolute atomic E-state index is 0.102. The molecular weight excluding hydrogens is 356 g/mol. The van der Waals surface area contributed by atoms with Crippen molar-refractivity contribution in [2.45, 2.75) is 62.7 Å². The van der Waals surface area contributed by atoms with Crippen molar-refractivity contribution in [3.63, 3.8) is 0 Å². The first-order chi connectivity index (χ1) is 14.1. The third kappa shape index (κ3) is 2.77. The summed E-state index contributed by atoms with van der Waals surface area (Å²) in [6.07, 6.45) is 6.28. The summed E-state index contributed by atoms with van der Waals surface area (Å²) in [5.41, 5.74) is 10.4. The van der Waals surface area contributed by atoms with E-state index >= 15 is 0 Å². The first-order valence-corrected chi connectivity index (χ1v) is 11.2. The monoisotopic (exact) mass is 386 g/mol. The molecule has 150 valence electrons. The summed E-state index contributed by atoms with van der Waals surface area (Å²) in [4.78, 5) is 7.63. The van der Waals surface area contributed by atoms with Gasteiger partial charge < -0.3 is 10.3 Å². The number of para-hydroxylation sites is 2.